The minimum absolute atomic E-state index is 0.225. The van der Waals surface area contributed by atoms with E-state index < -0.39 is 11.8 Å². The van der Waals surface area contributed by atoms with Crippen molar-refractivity contribution in [3.63, 3.8) is 0 Å². The molecule has 0 saturated carbocycles. The molecule has 0 fully saturated rings. The van der Waals surface area contributed by atoms with Gasteiger partial charge in [-0.3, -0.25) is 0 Å². The van der Waals surface area contributed by atoms with Crippen LogP contribution in [0.1, 0.15) is 15.9 Å². The number of rotatable bonds is 2. The molecule has 0 radical (unpaired) electrons. The number of carbonyl (C=O) groups excluding carboxylic acids is 1. The molecule has 0 amide bonds. The molecule has 0 spiro atoms. The van der Waals surface area contributed by atoms with Crippen LogP contribution in [-0.2, 0) is 0 Å². The van der Waals surface area contributed by atoms with Crippen LogP contribution in [0, 0.1) is 17.1 Å². The summed E-state index contributed by atoms with van der Waals surface area (Å²) in [6.07, 6.45) is 0. The molecule has 0 saturated heterocycles. The summed E-state index contributed by atoms with van der Waals surface area (Å²) in [5.41, 5.74) is 0.200. The van der Waals surface area contributed by atoms with Gasteiger partial charge in [-0.2, -0.15) is 5.26 Å². The highest BCUT2D eigenvalue weighted by molar-refractivity contribution is 6.30. The van der Waals surface area contributed by atoms with E-state index in [2.05, 4.69) is 0 Å². The minimum Gasteiger partial charge on any atom is -0.423 e. The van der Waals surface area contributed by atoms with E-state index in [9.17, 15) is 9.18 Å². The first-order valence-electron chi connectivity index (χ1n) is 5.27. The van der Waals surface area contributed by atoms with Crippen LogP contribution in [0.25, 0.3) is 0 Å². The standard InChI is InChI=1S/C14H7ClFNO2/c15-10-3-6-13(16)12(7-10)14(18)19-11-4-1-9(8-17)2-5-11/h1-7H. The molecule has 94 valence electrons. The van der Waals surface area contributed by atoms with Gasteiger partial charge in [-0.25, -0.2) is 9.18 Å². The zero-order valence-electron chi connectivity index (χ0n) is 9.56. The number of carbonyl (C=O) groups is 1. The molecule has 19 heavy (non-hydrogen) atoms. The Morgan fingerprint density at radius 3 is 2.53 bits per heavy atom. The molecule has 0 atom stereocenters. The molecular formula is C14H7ClFNO2. The van der Waals surface area contributed by atoms with Crippen LogP contribution in [0.15, 0.2) is 42.5 Å². The minimum atomic E-state index is -0.843. The van der Waals surface area contributed by atoms with Crippen LogP contribution in [0.4, 0.5) is 4.39 Å². The van der Waals surface area contributed by atoms with Gasteiger partial charge in [-0.15, -0.1) is 0 Å². The molecule has 0 N–H and O–H groups in total. The fourth-order valence-electron chi connectivity index (χ4n) is 1.41. The van der Waals surface area contributed by atoms with Crippen molar-refractivity contribution in [2.45, 2.75) is 0 Å². The van der Waals surface area contributed by atoms with E-state index in [4.69, 9.17) is 21.6 Å². The number of ether oxygens (including phenoxy) is 1. The molecule has 2 aromatic carbocycles. The lowest BCUT2D eigenvalue weighted by atomic mass is 10.2. The summed E-state index contributed by atoms with van der Waals surface area (Å²) < 4.78 is 18.4. The van der Waals surface area contributed by atoms with E-state index >= 15 is 0 Å². The summed E-state index contributed by atoms with van der Waals surface area (Å²) in [5, 5.41) is 8.88. The summed E-state index contributed by atoms with van der Waals surface area (Å²) in [6.45, 7) is 0. The van der Waals surface area contributed by atoms with Crippen molar-refractivity contribution in [3.8, 4) is 11.8 Å². The van der Waals surface area contributed by atoms with E-state index in [1.165, 1.54) is 36.4 Å². The highest BCUT2D eigenvalue weighted by atomic mass is 35.5. The molecule has 0 heterocycles. The number of nitrogens with zero attached hydrogens (tertiary/aromatic N) is 1. The molecular weight excluding hydrogens is 269 g/mol. The number of hydrogen-bond acceptors (Lipinski definition) is 3. The third kappa shape index (κ3) is 3.09. The molecule has 5 heteroatoms. The van der Waals surface area contributed by atoms with Crippen molar-refractivity contribution in [3.05, 3.63) is 64.4 Å². The first kappa shape index (κ1) is 13.1. The predicted molar refractivity (Wildman–Crippen MR) is 67.5 cm³/mol. The van der Waals surface area contributed by atoms with Gasteiger partial charge in [0.1, 0.15) is 11.6 Å². The highest BCUT2D eigenvalue weighted by Gasteiger charge is 2.14. The normalized spacial score (nSPS) is 9.74. The molecule has 0 unspecified atom stereocenters. The van der Waals surface area contributed by atoms with Crippen LogP contribution in [-0.4, -0.2) is 5.97 Å². The van der Waals surface area contributed by atoms with Crippen molar-refractivity contribution in [2.24, 2.45) is 0 Å². The molecule has 3 nitrogen and oxygen atoms in total. The maximum Gasteiger partial charge on any atom is 0.346 e. The summed E-state index contributed by atoms with van der Waals surface area (Å²) >= 11 is 5.69. The van der Waals surface area contributed by atoms with Crippen molar-refractivity contribution in [1.82, 2.24) is 0 Å². The Morgan fingerprint density at radius 1 is 1.21 bits per heavy atom. The van der Waals surface area contributed by atoms with Gasteiger partial charge >= 0.3 is 5.97 Å². The second-order valence-corrected chi connectivity index (χ2v) is 4.09. The maximum atomic E-state index is 13.4. The topological polar surface area (TPSA) is 50.1 Å². The van der Waals surface area contributed by atoms with Gasteiger partial charge in [-0.05, 0) is 42.5 Å². The van der Waals surface area contributed by atoms with Crippen LogP contribution in [0.2, 0.25) is 5.02 Å². The second kappa shape index (κ2) is 5.51. The molecule has 2 aromatic rings. The zero-order valence-corrected chi connectivity index (χ0v) is 10.3. The Hall–Kier alpha value is -2.38. The highest BCUT2D eigenvalue weighted by Crippen LogP contribution is 2.18. The quantitative estimate of drug-likeness (QED) is 0.622. The van der Waals surface area contributed by atoms with E-state index in [0.29, 0.717) is 5.56 Å². The zero-order chi connectivity index (χ0) is 13.8. The maximum absolute atomic E-state index is 13.4. The number of esters is 1. The van der Waals surface area contributed by atoms with Crippen LogP contribution in [0.3, 0.4) is 0 Å². The number of benzene rings is 2. The average molecular weight is 276 g/mol. The molecule has 2 rings (SSSR count). The summed E-state index contributed by atoms with van der Waals surface area (Å²) in [5.74, 6) is -1.32. The van der Waals surface area contributed by atoms with E-state index in [1.54, 1.807) is 0 Å². The lowest BCUT2D eigenvalue weighted by Gasteiger charge is -2.05. The third-order valence-electron chi connectivity index (χ3n) is 2.34. The first-order chi connectivity index (χ1) is 9.10. The number of nitriles is 1. The van der Waals surface area contributed by atoms with Crippen molar-refractivity contribution < 1.29 is 13.9 Å². The Kier molecular flexibility index (Phi) is 3.79. The molecule has 0 aromatic heterocycles. The summed E-state index contributed by atoms with van der Waals surface area (Å²) in [7, 11) is 0. The lowest BCUT2D eigenvalue weighted by molar-refractivity contribution is 0.0730. The second-order valence-electron chi connectivity index (χ2n) is 3.65. The Labute approximate surface area is 113 Å². The molecule has 0 aliphatic carbocycles. The predicted octanol–water partition coefficient (Wildman–Crippen LogP) is 3.57. The van der Waals surface area contributed by atoms with E-state index in [-0.39, 0.29) is 16.3 Å². The van der Waals surface area contributed by atoms with Crippen LogP contribution < -0.4 is 4.74 Å². The average Bonchev–Trinajstić information content (AvgIpc) is 2.42. The van der Waals surface area contributed by atoms with E-state index in [1.807, 2.05) is 6.07 Å². The van der Waals surface area contributed by atoms with Crippen molar-refractivity contribution in [1.29, 1.82) is 5.26 Å². The van der Waals surface area contributed by atoms with Gasteiger partial charge < -0.3 is 4.74 Å². The number of halogens is 2. The Bertz CT molecular complexity index is 662. The largest absolute Gasteiger partial charge is 0.423 e. The first-order valence-corrected chi connectivity index (χ1v) is 5.65. The van der Waals surface area contributed by atoms with Gasteiger partial charge in [0.25, 0.3) is 0 Å². The SMILES string of the molecule is N#Cc1ccc(OC(=O)c2cc(Cl)ccc2F)cc1. The fourth-order valence-corrected chi connectivity index (χ4v) is 1.59. The van der Waals surface area contributed by atoms with Crippen molar-refractivity contribution >= 4 is 17.6 Å². The number of hydrogen-bond donors (Lipinski definition) is 0. The van der Waals surface area contributed by atoms with E-state index in [0.717, 1.165) is 6.07 Å². The van der Waals surface area contributed by atoms with Crippen LogP contribution in [0.5, 0.6) is 5.75 Å². The van der Waals surface area contributed by atoms with Crippen LogP contribution >= 0.6 is 11.6 Å². The third-order valence-corrected chi connectivity index (χ3v) is 2.58. The van der Waals surface area contributed by atoms with Crippen molar-refractivity contribution in [2.75, 3.05) is 0 Å². The Morgan fingerprint density at radius 2 is 1.89 bits per heavy atom. The van der Waals surface area contributed by atoms with Gasteiger partial charge in [0.05, 0.1) is 17.2 Å². The fraction of sp³-hybridized carbons (Fsp3) is 0. The summed E-state index contributed by atoms with van der Waals surface area (Å²) in [6, 6.07) is 11.5. The smallest absolute Gasteiger partial charge is 0.346 e. The molecule has 0 aliphatic heterocycles. The van der Waals surface area contributed by atoms with Gasteiger partial charge in [0, 0.05) is 5.02 Å². The van der Waals surface area contributed by atoms with Gasteiger partial charge in [-0.1, -0.05) is 11.6 Å². The molecule has 0 bridgehead atoms. The summed E-state index contributed by atoms with van der Waals surface area (Å²) in [4.78, 5) is 11.8. The Balaban J connectivity index is 2.21. The monoisotopic (exact) mass is 275 g/mol. The lowest BCUT2D eigenvalue weighted by Crippen LogP contribution is -2.10. The van der Waals surface area contributed by atoms with Gasteiger partial charge in [0.15, 0.2) is 0 Å². The molecule has 0 aliphatic rings. The van der Waals surface area contributed by atoms with Gasteiger partial charge in [0.2, 0.25) is 0 Å².